The first kappa shape index (κ1) is 45.5. The molecule has 0 bridgehead atoms. The maximum absolute atomic E-state index is 2.57. The second kappa shape index (κ2) is 24.6. The molecule has 0 heterocycles. The van der Waals surface area contributed by atoms with Crippen molar-refractivity contribution in [2.45, 2.75) is 83.1 Å². The summed E-state index contributed by atoms with van der Waals surface area (Å²) < 4.78 is 0. The lowest BCUT2D eigenvalue weighted by Gasteiger charge is -2.34. The fourth-order valence-corrected chi connectivity index (χ4v) is 10.7. The highest BCUT2D eigenvalue weighted by atomic mass is 28.3. The van der Waals surface area contributed by atoms with Gasteiger partial charge in [0.2, 0.25) is 0 Å². The van der Waals surface area contributed by atoms with Gasteiger partial charge in [0.15, 0.2) is 8.07 Å². The Bertz CT molecular complexity index is 1360. The van der Waals surface area contributed by atoms with Crippen LogP contribution in [0, 0.1) is 0 Å². The van der Waals surface area contributed by atoms with E-state index in [9.17, 15) is 0 Å². The number of nitrogens with zero attached hydrogens (tertiary/aromatic N) is 2. The molecule has 0 N–H and O–H groups in total. The quantitative estimate of drug-likeness (QED) is 0.122. The zero-order chi connectivity index (χ0) is 37.6. The second-order valence-electron chi connectivity index (χ2n) is 11.9. The van der Waals surface area contributed by atoms with Gasteiger partial charge in [-0.3, -0.25) is 0 Å². The van der Waals surface area contributed by atoms with E-state index in [-0.39, 0.29) is 0 Å². The first-order chi connectivity index (χ1) is 23.6. The van der Waals surface area contributed by atoms with Gasteiger partial charge in [0.1, 0.15) is 0 Å². The van der Waals surface area contributed by atoms with E-state index >= 15 is 0 Å². The van der Waals surface area contributed by atoms with E-state index in [0.717, 1.165) is 13.1 Å². The summed E-state index contributed by atoms with van der Waals surface area (Å²) in [5.41, 5.74) is 8.12. The topological polar surface area (TPSA) is 6.48 Å². The largest absolute Gasteiger partial charge is 0.305 e. The van der Waals surface area contributed by atoms with E-state index in [1.807, 2.05) is 55.4 Å². The van der Waals surface area contributed by atoms with Gasteiger partial charge in [0, 0.05) is 13.1 Å². The minimum Gasteiger partial charge on any atom is -0.305 e. The second-order valence-corrected chi connectivity index (χ2v) is 15.7. The van der Waals surface area contributed by atoms with E-state index in [4.69, 9.17) is 0 Å². The zero-order valence-electron chi connectivity index (χ0n) is 34.2. The van der Waals surface area contributed by atoms with Crippen LogP contribution < -0.4 is 20.7 Å². The Labute approximate surface area is 304 Å². The van der Waals surface area contributed by atoms with Crippen molar-refractivity contribution >= 4 is 40.0 Å². The molecule has 49 heavy (non-hydrogen) atoms. The highest BCUT2D eigenvalue weighted by Crippen LogP contribution is 2.21. The summed E-state index contributed by atoms with van der Waals surface area (Å²) in [5, 5.41) is 5.61. The third kappa shape index (κ3) is 12.4. The average molecular weight is 679 g/mol. The normalized spacial score (nSPS) is 11.6. The summed E-state index contributed by atoms with van der Waals surface area (Å²) in [6, 6.07) is 41.3. The van der Waals surface area contributed by atoms with Crippen molar-refractivity contribution in [3.05, 3.63) is 131 Å². The van der Waals surface area contributed by atoms with Gasteiger partial charge in [-0.25, -0.2) is 0 Å². The SMILES string of the molecule is C/C(CN(C)C)=C(\C)c1ccc([Si](c2ccccc2)(c2ccccc2)c2ccc(/C(C)=C(/C)CN(C)C)cc2)cc1.CC.CC.CC.CC. The van der Waals surface area contributed by atoms with E-state index in [1.165, 1.54) is 54.2 Å². The van der Waals surface area contributed by atoms with Gasteiger partial charge in [-0.2, -0.15) is 0 Å². The standard InChI is InChI=1S/C38H46N2Si.4C2H6/c1-29(27-39(5)6)31(3)33-19-23-37(24-20-33)41(35-15-11-9-12-16-35,36-17-13-10-14-18-36)38-25-21-34(22-26-38)32(4)30(2)28-40(7)8;4*1-2/h9-26H,27-28H2,1-8H3;4*1-2H3/b31-29-,32-30-;;;;. The lowest BCUT2D eigenvalue weighted by Crippen LogP contribution is -2.74. The van der Waals surface area contributed by atoms with Gasteiger partial charge >= 0.3 is 0 Å². The number of rotatable bonds is 10. The lowest BCUT2D eigenvalue weighted by molar-refractivity contribution is 0.445. The van der Waals surface area contributed by atoms with Crippen LogP contribution in [0.1, 0.15) is 94.2 Å². The number of allylic oxidation sites excluding steroid dienone is 2. The first-order valence-corrected chi connectivity index (χ1v) is 20.6. The number of hydrogen-bond donors (Lipinski definition) is 0. The van der Waals surface area contributed by atoms with Crippen LogP contribution in [-0.4, -0.2) is 59.2 Å². The molecule has 268 valence electrons. The molecule has 0 saturated carbocycles. The van der Waals surface area contributed by atoms with Crippen molar-refractivity contribution in [3.63, 3.8) is 0 Å². The van der Waals surface area contributed by atoms with Crippen molar-refractivity contribution in [3.8, 4) is 0 Å². The fraction of sp³-hybridized carbons (Fsp3) is 0.391. The summed E-state index contributed by atoms with van der Waals surface area (Å²) in [6.07, 6.45) is 0. The molecule has 0 aliphatic rings. The van der Waals surface area contributed by atoms with Crippen LogP contribution in [0.3, 0.4) is 0 Å². The molecule has 0 fully saturated rings. The maximum Gasteiger partial charge on any atom is 0.179 e. The van der Waals surface area contributed by atoms with Gasteiger partial charge in [-0.05, 0) is 98.9 Å². The minimum atomic E-state index is -2.57. The molecule has 4 aromatic carbocycles. The predicted molar refractivity (Wildman–Crippen MR) is 229 cm³/mol. The predicted octanol–water partition coefficient (Wildman–Crippen LogP) is 9.88. The average Bonchev–Trinajstić information content (AvgIpc) is 3.15. The maximum atomic E-state index is 2.40. The van der Waals surface area contributed by atoms with E-state index < -0.39 is 8.07 Å². The lowest BCUT2D eigenvalue weighted by atomic mass is 10.0. The molecule has 0 atom stereocenters. The molecule has 3 heteroatoms. The number of benzene rings is 4. The van der Waals surface area contributed by atoms with Crippen LogP contribution in [0.5, 0.6) is 0 Å². The molecule has 0 unspecified atom stereocenters. The highest BCUT2D eigenvalue weighted by molar-refractivity contribution is 7.19. The molecule has 0 aliphatic carbocycles. The third-order valence-electron chi connectivity index (χ3n) is 8.30. The smallest absolute Gasteiger partial charge is 0.179 e. The van der Waals surface area contributed by atoms with Gasteiger partial charge < -0.3 is 9.80 Å². The zero-order valence-corrected chi connectivity index (χ0v) is 35.2. The van der Waals surface area contributed by atoms with E-state index in [2.05, 4.69) is 175 Å². The minimum absolute atomic E-state index is 0.967. The Morgan fingerprint density at radius 3 is 0.878 bits per heavy atom. The van der Waals surface area contributed by atoms with Crippen molar-refractivity contribution in [2.75, 3.05) is 41.3 Å². The molecule has 0 amide bonds. The van der Waals surface area contributed by atoms with Crippen LogP contribution in [0.25, 0.3) is 11.1 Å². The molecule has 0 saturated heterocycles. The van der Waals surface area contributed by atoms with Gasteiger partial charge in [-0.1, -0.05) is 176 Å². The summed E-state index contributed by atoms with van der Waals surface area (Å²) >= 11 is 0. The first-order valence-electron chi connectivity index (χ1n) is 18.6. The third-order valence-corrected chi connectivity index (χ3v) is 13.1. The Hall–Kier alpha value is -3.50. The van der Waals surface area contributed by atoms with Gasteiger partial charge in [-0.15, -0.1) is 0 Å². The van der Waals surface area contributed by atoms with Crippen LogP contribution >= 0.6 is 0 Å². The molecular formula is C46H70N2Si. The van der Waals surface area contributed by atoms with Crippen LogP contribution in [0.2, 0.25) is 0 Å². The number of likely N-dealkylation sites (N-methyl/N-ethyl adjacent to an activating group) is 2. The van der Waals surface area contributed by atoms with Crippen molar-refractivity contribution < 1.29 is 0 Å². The Morgan fingerprint density at radius 1 is 0.388 bits per heavy atom. The Balaban J connectivity index is 0.00000268. The molecule has 0 aromatic heterocycles. The van der Waals surface area contributed by atoms with Crippen molar-refractivity contribution in [1.29, 1.82) is 0 Å². The summed E-state index contributed by atoms with van der Waals surface area (Å²) in [6.45, 7) is 26.9. The molecule has 2 nitrogen and oxygen atoms in total. The Kier molecular flexibility index (Phi) is 22.8. The summed E-state index contributed by atoms with van der Waals surface area (Å²) in [4.78, 5) is 4.47. The molecule has 4 rings (SSSR count). The summed E-state index contributed by atoms with van der Waals surface area (Å²) in [7, 11) is 5.95. The Morgan fingerprint density at radius 2 is 0.633 bits per heavy atom. The van der Waals surface area contributed by atoms with Crippen LogP contribution in [0.15, 0.2) is 120 Å². The summed E-state index contributed by atoms with van der Waals surface area (Å²) in [5.74, 6) is 0. The molecule has 0 radical (unpaired) electrons. The molecule has 0 spiro atoms. The van der Waals surface area contributed by atoms with Crippen LogP contribution in [0.4, 0.5) is 0 Å². The molecular weight excluding hydrogens is 609 g/mol. The van der Waals surface area contributed by atoms with Gasteiger partial charge in [0.05, 0.1) is 0 Å². The molecule has 0 aliphatic heterocycles. The molecule has 4 aromatic rings. The van der Waals surface area contributed by atoms with E-state index in [1.54, 1.807) is 0 Å². The van der Waals surface area contributed by atoms with Crippen molar-refractivity contribution in [1.82, 2.24) is 9.80 Å². The fourth-order valence-electron chi connectivity index (χ4n) is 6.00. The van der Waals surface area contributed by atoms with Crippen LogP contribution in [-0.2, 0) is 0 Å². The monoisotopic (exact) mass is 679 g/mol. The number of hydrogen-bond acceptors (Lipinski definition) is 2. The van der Waals surface area contributed by atoms with Crippen molar-refractivity contribution in [2.24, 2.45) is 0 Å². The van der Waals surface area contributed by atoms with E-state index in [0.29, 0.717) is 0 Å². The van der Waals surface area contributed by atoms with Gasteiger partial charge in [0.25, 0.3) is 0 Å². The highest BCUT2D eigenvalue weighted by Gasteiger charge is 2.41.